The van der Waals surface area contributed by atoms with Gasteiger partial charge in [-0.15, -0.1) is 10.2 Å². The van der Waals surface area contributed by atoms with Crippen LogP contribution in [0.5, 0.6) is 0 Å². The number of hydrogen-bond donors (Lipinski definition) is 1. The number of nitrogens with zero attached hydrogens (tertiary/aromatic N) is 9. The zero-order valence-electron chi connectivity index (χ0n) is 33.7. The van der Waals surface area contributed by atoms with E-state index < -0.39 is 11.4 Å². The van der Waals surface area contributed by atoms with E-state index in [0.717, 1.165) is 38.9 Å². The first-order valence-electron chi connectivity index (χ1n) is 18.1. The van der Waals surface area contributed by atoms with E-state index in [1.165, 1.54) is 28.3 Å². The largest absolute Gasteiger partial charge is 0.478 e. The number of aryl methyl sites for hydroxylation is 4. The van der Waals surface area contributed by atoms with Crippen LogP contribution < -0.4 is 0 Å². The number of carbonyl (C=O) groups is 3. The van der Waals surface area contributed by atoms with Crippen LogP contribution >= 0.6 is 11.6 Å². The van der Waals surface area contributed by atoms with Gasteiger partial charge in [0.05, 0.1) is 17.8 Å². The Labute approximate surface area is 342 Å². The van der Waals surface area contributed by atoms with Crippen molar-refractivity contribution in [3.05, 3.63) is 131 Å². The van der Waals surface area contributed by atoms with Crippen LogP contribution in [0.3, 0.4) is 0 Å². The van der Waals surface area contributed by atoms with Gasteiger partial charge < -0.3 is 14.7 Å². The summed E-state index contributed by atoms with van der Waals surface area (Å²) in [6, 6.07) is 19.3. The van der Waals surface area contributed by atoms with Gasteiger partial charge in [0.2, 0.25) is 0 Å². The number of aliphatic carboxylic acids is 1. The number of amides is 1. The number of carbonyl (C=O) groups excluding carboxylic acids is 2. The molecule has 0 saturated carbocycles. The molecule has 4 heterocycles. The van der Waals surface area contributed by atoms with Crippen LogP contribution in [0.4, 0.5) is 4.79 Å². The Kier molecular flexibility index (Phi) is 15.8. The molecule has 14 nitrogen and oxygen atoms in total. The SMILES string of the molecule is CC(C)COC(=O)Cl.Cc1cc(C)cc(-c2ncn(/C=C(/C(=O)N(C)C)c3cccnc3)n2)c1.Cc1cc(C)cc(-c2ncn(/C=C(/C(=O)O)c3cccnc3)n2)c1. The van der Waals surface area contributed by atoms with Gasteiger partial charge in [-0.2, -0.15) is 0 Å². The van der Waals surface area contributed by atoms with E-state index in [1.54, 1.807) is 68.1 Å². The molecule has 0 bridgehead atoms. The van der Waals surface area contributed by atoms with Gasteiger partial charge in [-0.25, -0.2) is 28.9 Å². The molecule has 0 radical (unpaired) electrons. The van der Waals surface area contributed by atoms with Crippen molar-refractivity contribution in [2.45, 2.75) is 41.5 Å². The Hall–Kier alpha value is -6.80. The Morgan fingerprint density at radius 1 is 0.741 bits per heavy atom. The highest BCUT2D eigenvalue weighted by Crippen LogP contribution is 2.22. The van der Waals surface area contributed by atoms with E-state index in [2.05, 4.69) is 47.0 Å². The van der Waals surface area contributed by atoms with Crippen LogP contribution in [-0.4, -0.2) is 87.5 Å². The number of halogens is 1. The summed E-state index contributed by atoms with van der Waals surface area (Å²) in [5, 5.41) is 18.3. The predicted molar refractivity (Wildman–Crippen MR) is 225 cm³/mol. The number of benzene rings is 2. The molecule has 0 aliphatic rings. The maximum Gasteiger partial charge on any atom is 0.403 e. The molecule has 15 heteroatoms. The number of likely N-dealkylation sites (N-methyl/N-ethyl adjacent to an activating group) is 1. The first-order chi connectivity index (χ1) is 27.6. The lowest BCUT2D eigenvalue weighted by atomic mass is 10.1. The highest BCUT2D eigenvalue weighted by Gasteiger charge is 2.16. The maximum absolute atomic E-state index is 12.6. The number of aromatic nitrogens is 8. The zero-order chi connectivity index (χ0) is 42.4. The van der Waals surface area contributed by atoms with Crippen LogP contribution in [0.15, 0.2) is 98.1 Å². The number of hydrogen-bond acceptors (Lipinski definition) is 10. The minimum Gasteiger partial charge on any atom is -0.478 e. The van der Waals surface area contributed by atoms with Crippen LogP contribution in [0.25, 0.3) is 46.3 Å². The highest BCUT2D eigenvalue weighted by molar-refractivity contribution is 6.61. The molecule has 6 aromatic rings. The van der Waals surface area contributed by atoms with E-state index in [4.69, 9.17) is 11.6 Å². The van der Waals surface area contributed by atoms with Crippen molar-refractivity contribution in [1.82, 2.24) is 44.4 Å². The fourth-order valence-electron chi connectivity index (χ4n) is 5.43. The molecule has 1 amide bonds. The summed E-state index contributed by atoms with van der Waals surface area (Å²) in [7, 11) is 3.43. The van der Waals surface area contributed by atoms with Crippen molar-refractivity contribution in [3.63, 3.8) is 0 Å². The van der Waals surface area contributed by atoms with E-state index in [-0.39, 0.29) is 11.5 Å². The fraction of sp³-hybridized carbons (Fsp3) is 0.233. The zero-order valence-corrected chi connectivity index (χ0v) is 34.4. The highest BCUT2D eigenvalue weighted by atomic mass is 35.5. The second-order valence-corrected chi connectivity index (χ2v) is 14.2. The predicted octanol–water partition coefficient (Wildman–Crippen LogP) is 8.10. The second kappa shape index (κ2) is 20.9. The number of ether oxygens (including phenoxy) is 1. The van der Waals surface area contributed by atoms with E-state index in [0.29, 0.717) is 35.3 Å². The van der Waals surface area contributed by atoms with Gasteiger partial charge in [0.25, 0.3) is 5.91 Å². The summed E-state index contributed by atoms with van der Waals surface area (Å²) in [6.07, 6.45) is 12.6. The molecular formula is C43H46ClN9O5. The molecular weight excluding hydrogens is 758 g/mol. The summed E-state index contributed by atoms with van der Waals surface area (Å²) in [5.41, 5.74) is 7.53. The van der Waals surface area contributed by atoms with Crippen LogP contribution in [0.2, 0.25) is 0 Å². The molecule has 0 unspecified atom stereocenters. The molecule has 58 heavy (non-hydrogen) atoms. The number of pyridine rings is 2. The Balaban J connectivity index is 0.000000217. The third kappa shape index (κ3) is 13.4. The lowest BCUT2D eigenvalue weighted by molar-refractivity contribution is -0.130. The molecule has 1 N–H and O–H groups in total. The molecule has 0 aliphatic carbocycles. The molecule has 0 fully saturated rings. The molecule has 0 spiro atoms. The monoisotopic (exact) mass is 803 g/mol. The Morgan fingerprint density at radius 3 is 1.52 bits per heavy atom. The average Bonchev–Trinajstić information content (AvgIpc) is 3.86. The molecule has 2 aromatic carbocycles. The fourth-order valence-corrected chi connectivity index (χ4v) is 5.50. The van der Waals surface area contributed by atoms with Gasteiger partial charge in [0.15, 0.2) is 11.6 Å². The van der Waals surface area contributed by atoms with Crippen molar-refractivity contribution < 1.29 is 24.2 Å². The topological polar surface area (TPSA) is 171 Å². The molecule has 0 atom stereocenters. The Morgan fingerprint density at radius 2 is 1.17 bits per heavy atom. The number of carboxylic acids is 1. The number of carboxylic acid groups (broad SMARTS) is 1. The summed E-state index contributed by atoms with van der Waals surface area (Å²) >= 11 is 4.86. The van der Waals surface area contributed by atoms with E-state index >= 15 is 0 Å². The lowest BCUT2D eigenvalue weighted by Crippen LogP contribution is -2.23. The maximum atomic E-state index is 12.6. The van der Waals surface area contributed by atoms with Gasteiger partial charge in [-0.3, -0.25) is 14.8 Å². The molecule has 0 aliphatic heterocycles. The number of rotatable bonds is 10. The molecule has 0 saturated heterocycles. The minimum absolute atomic E-state index is 0.0972. The standard InChI is InChI=1S/C20H21N5O.C18H16N4O2.C5H9ClO2/c1-14-8-15(2)10-17(9-14)19-22-13-25(23-19)12-18(20(26)24(3)4)16-6-5-7-21-11-16;1-12-6-13(2)8-15(7-12)17-20-11-22(21-17)10-16(18(23)24)14-4-3-5-19-9-14;1-4(2)3-8-5(6)7/h5-13H,1-4H3;3-11H,1-2H3,(H,23,24);4H,3H2,1-2H3/b18-12+;16-10+;. The molecule has 6 rings (SSSR count). The normalized spacial score (nSPS) is 11.2. The summed E-state index contributed by atoms with van der Waals surface area (Å²) < 4.78 is 7.40. The van der Waals surface area contributed by atoms with Gasteiger partial charge in [-0.1, -0.05) is 60.4 Å². The smallest absolute Gasteiger partial charge is 0.403 e. The van der Waals surface area contributed by atoms with Crippen LogP contribution in [-0.2, 0) is 14.3 Å². The van der Waals surface area contributed by atoms with Crippen molar-refractivity contribution in [2.75, 3.05) is 20.7 Å². The average molecular weight is 804 g/mol. The third-order valence-corrected chi connectivity index (χ3v) is 7.95. The quantitative estimate of drug-likeness (QED) is 0.105. The molecule has 4 aromatic heterocycles. The summed E-state index contributed by atoms with van der Waals surface area (Å²) in [4.78, 5) is 52.2. The van der Waals surface area contributed by atoms with E-state index in [9.17, 15) is 19.5 Å². The van der Waals surface area contributed by atoms with Crippen LogP contribution in [0, 0.1) is 33.6 Å². The van der Waals surface area contributed by atoms with Gasteiger partial charge >= 0.3 is 11.4 Å². The summed E-state index contributed by atoms with van der Waals surface area (Å²) in [6.45, 7) is 12.4. The molecule has 300 valence electrons. The third-order valence-electron chi connectivity index (χ3n) is 7.84. The van der Waals surface area contributed by atoms with Crippen molar-refractivity contribution >= 4 is 52.5 Å². The summed E-state index contributed by atoms with van der Waals surface area (Å²) in [5.74, 6) is 0.357. The van der Waals surface area contributed by atoms with Crippen molar-refractivity contribution in [1.29, 1.82) is 0 Å². The van der Waals surface area contributed by atoms with Crippen molar-refractivity contribution in [3.8, 4) is 22.8 Å². The van der Waals surface area contributed by atoms with Crippen LogP contribution in [0.1, 0.15) is 47.2 Å². The first kappa shape index (κ1) is 43.9. The minimum atomic E-state index is -1.05. The van der Waals surface area contributed by atoms with Crippen molar-refractivity contribution in [2.24, 2.45) is 5.92 Å². The van der Waals surface area contributed by atoms with E-state index in [1.807, 2.05) is 71.9 Å². The second-order valence-electron chi connectivity index (χ2n) is 13.9. The Bertz CT molecular complexity index is 2350. The first-order valence-corrected chi connectivity index (χ1v) is 18.5. The van der Waals surface area contributed by atoms with Gasteiger partial charge in [0, 0.05) is 85.1 Å². The lowest BCUT2D eigenvalue weighted by Gasteiger charge is -2.13. The van der Waals surface area contributed by atoms with Gasteiger partial charge in [0.1, 0.15) is 12.7 Å². The van der Waals surface area contributed by atoms with Gasteiger partial charge in [-0.05, 0) is 70.0 Å².